The Balaban J connectivity index is 2.19. The SMILES string of the molecule is c1ccc2c(c1)ncc1cc3c(cc12)OCO3. The quantitative estimate of drug-likeness (QED) is 0.549. The summed E-state index contributed by atoms with van der Waals surface area (Å²) < 4.78 is 10.8. The molecule has 1 aromatic heterocycles. The fraction of sp³-hybridized carbons (Fsp3) is 0.0714. The average molecular weight is 223 g/mol. The highest BCUT2D eigenvalue weighted by Gasteiger charge is 2.15. The van der Waals surface area contributed by atoms with Crippen LogP contribution in [0.1, 0.15) is 0 Å². The Bertz CT molecular complexity index is 737. The van der Waals surface area contributed by atoms with Gasteiger partial charge in [-0.15, -0.1) is 0 Å². The molecule has 0 N–H and O–H groups in total. The van der Waals surface area contributed by atoms with E-state index in [1.807, 2.05) is 36.5 Å². The van der Waals surface area contributed by atoms with E-state index in [9.17, 15) is 0 Å². The normalized spacial score (nSPS) is 13.4. The van der Waals surface area contributed by atoms with E-state index in [1.54, 1.807) is 0 Å². The molecule has 0 saturated carbocycles. The first-order chi connectivity index (χ1) is 8.42. The Labute approximate surface area is 97.6 Å². The van der Waals surface area contributed by atoms with Crippen LogP contribution in [0.15, 0.2) is 42.6 Å². The largest absolute Gasteiger partial charge is 0.454 e. The smallest absolute Gasteiger partial charge is 0.231 e. The number of para-hydroxylation sites is 1. The van der Waals surface area contributed by atoms with E-state index in [4.69, 9.17) is 9.47 Å². The molecule has 4 rings (SSSR count). The molecule has 0 amide bonds. The van der Waals surface area contributed by atoms with Gasteiger partial charge >= 0.3 is 0 Å². The number of benzene rings is 2. The molecule has 0 spiro atoms. The van der Waals surface area contributed by atoms with Crippen LogP contribution in [0, 0.1) is 0 Å². The fourth-order valence-electron chi connectivity index (χ4n) is 2.25. The first-order valence-corrected chi connectivity index (χ1v) is 5.49. The third-order valence-corrected chi connectivity index (χ3v) is 3.08. The second kappa shape index (κ2) is 3.10. The topological polar surface area (TPSA) is 31.4 Å². The number of fused-ring (bicyclic) bond motifs is 4. The zero-order valence-electron chi connectivity index (χ0n) is 9.01. The predicted octanol–water partition coefficient (Wildman–Crippen LogP) is 3.12. The molecule has 17 heavy (non-hydrogen) atoms. The van der Waals surface area contributed by atoms with E-state index in [1.165, 1.54) is 0 Å². The highest BCUT2D eigenvalue weighted by atomic mass is 16.7. The molecule has 82 valence electrons. The van der Waals surface area contributed by atoms with Gasteiger partial charge in [0, 0.05) is 17.0 Å². The maximum atomic E-state index is 5.41. The van der Waals surface area contributed by atoms with E-state index in [0.717, 1.165) is 33.2 Å². The lowest BCUT2D eigenvalue weighted by molar-refractivity contribution is 0.174. The molecule has 0 fully saturated rings. The molecular weight excluding hydrogens is 214 g/mol. The molecule has 0 atom stereocenters. The van der Waals surface area contributed by atoms with E-state index < -0.39 is 0 Å². The molecule has 3 nitrogen and oxygen atoms in total. The summed E-state index contributed by atoms with van der Waals surface area (Å²) in [5, 5.41) is 3.37. The van der Waals surface area contributed by atoms with E-state index in [0.29, 0.717) is 6.79 Å². The fourth-order valence-corrected chi connectivity index (χ4v) is 2.25. The van der Waals surface area contributed by atoms with Crippen molar-refractivity contribution in [1.29, 1.82) is 0 Å². The van der Waals surface area contributed by atoms with Gasteiger partial charge in [-0.3, -0.25) is 4.98 Å². The lowest BCUT2D eigenvalue weighted by Crippen LogP contribution is -1.92. The van der Waals surface area contributed by atoms with Crippen molar-refractivity contribution in [2.24, 2.45) is 0 Å². The summed E-state index contributed by atoms with van der Waals surface area (Å²) in [7, 11) is 0. The highest BCUT2D eigenvalue weighted by Crippen LogP contribution is 2.37. The van der Waals surface area contributed by atoms with Crippen LogP contribution in [0.4, 0.5) is 0 Å². The molecule has 1 aliphatic heterocycles. The number of nitrogens with zero attached hydrogens (tertiary/aromatic N) is 1. The molecule has 1 aliphatic rings. The Morgan fingerprint density at radius 3 is 2.71 bits per heavy atom. The number of hydrogen-bond donors (Lipinski definition) is 0. The third kappa shape index (κ3) is 1.19. The molecule has 0 unspecified atom stereocenters. The van der Waals surface area contributed by atoms with Crippen LogP contribution in [0.25, 0.3) is 21.7 Å². The van der Waals surface area contributed by atoms with Crippen molar-refractivity contribution in [3.05, 3.63) is 42.6 Å². The van der Waals surface area contributed by atoms with Crippen LogP contribution in [0.5, 0.6) is 11.5 Å². The van der Waals surface area contributed by atoms with Crippen molar-refractivity contribution in [3.63, 3.8) is 0 Å². The van der Waals surface area contributed by atoms with Gasteiger partial charge in [-0.2, -0.15) is 0 Å². The van der Waals surface area contributed by atoms with Gasteiger partial charge in [0.15, 0.2) is 11.5 Å². The van der Waals surface area contributed by atoms with Crippen LogP contribution in [0.2, 0.25) is 0 Å². The van der Waals surface area contributed by atoms with Gasteiger partial charge in [0.2, 0.25) is 6.79 Å². The van der Waals surface area contributed by atoms with Gasteiger partial charge in [-0.25, -0.2) is 0 Å². The second-order valence-corrected chi connectivity index (χ2v) is 4.07. The van der Waals surface area contributed by atoms with Crippen molar-refractivity contribution in [2.75, 3.05) is 6.79 Å². The zero-order valence-corrected chi connectivity index (χ0v) is 9.01. The molecule has 0 saturated heterocycles. The molecule has 0 aliphatic carbocycles. The monoisotopic (exact) mass is 223 g/mol. The first kappa shape index (κ1) is 8.82. The van der Waals surface area contributed by atoms with Crippen LogP contribution < -0.4 is 9.47 Å². The minimum Gasteiger partial charge on any atom is -0.454 e. The van der Waals surface area contributed by atoms with Gasteiger partial charge in [0.05, 0.1) is 5.52 Å². The summed E-state index contributed by atoms with van der Waals surface area (Å²) in [6.07, 6.45) is 1.87. The Morgan fingerprint density at radius 2 is 1.76 bits per heavy atom. The van der Waals surface area contributed by atoms with Crippen LogP contribution in [-0.2, 0) is 0 Å². The first-order valence-electron chi connectivity index (χ1n) is 5.49. The number of ether oxygens (including phenoxy) is 2. The maximum Gasteiger partial charge on any atom is 0.231 e. The number of pyridine rings is 1. The van der Waals surface area contributed by atoms with Crippen molar-refractivity contribution in [3.8, 4) is 11.5 Å². The van der Waals surface area contributed by atoms with Gasteiger partial charge < -0.3 is 9.47 Å². The van der Waals surface area contributed by atoms with Gasteiger partial charge in [-0.1, -0.05) is 18.2 Å². The molecule has 3 aromatic rings. The summed E-state index contributed by atoms with van der Waals surface area (Å²) in [5.41, 5.74) is 0.999. The Kier molecular flexibility index (Phi) is 1.61. The summed E-state index contributed by atoms with van der Waals surface area (Å²) in [6.45, 7) is 0.303. The number of rotatable bonds is 0. The van der Waals surface area contributed by atoms with Gasteiger partial charge in [0.25, 0.3) is 0 Å². The van der Waals surface area contributed by atoms with Crippen LogP contribution in [0.3, 0.4) is 0 Å². The van der Waals surface area contributed by atoms with Crippen molar-refractivity contribution in [2.45, 2.75) is 0 Å². The van der Waals surface area contributed by atoms with Crippen molar-refractivity contribution in [1.82, 2.24) is 4.98 Å². The highest BCUT2D eigenvalue weighted by molar-refractivity contribution is 6.06. The third-order valence-electron chi connectivity index (χ3n) is 3.08. The zero-order chi connectivity index (χ0) is 11.2. The maximum absolute atomic E-state index is 5.41. The lowest BCUT2D eigenvalue weighted by atomic mass is 10.1. The number of aromatic nitrogens is 1. The van der Waals surface area contributed by atoms with E-state index >= 15 is 0 Å². The lowest BCUT2D eigenvalue weighted by Gasteiger charge is -2.04. The number of hydrogen-bond acceptors (Lipinski definition) is 3. The molecule has 0 bridgehead atoms. The summed E-state index contributed by atoms with van der Waals surface area (Å²) in [6, 6.07) is 12.1. The molecular formula is C14H9NO2. The van der Waals surface area contributed by atoms with Crippen LogP contribution >= 0.6 is 0 Å². The molecule has 2 aromatic carbocycles. The average Bonchev–Trinajstić information content (AvgIpc) is 2.83. The molecule has 2 heterocycles. The second-order valence-electron chi connectivity index (χ2n) is 4.07. The predicted molar refractivity (Wildman–Crippen MR) is 65.4 cm³/mol. The van der Waals surface area contributed by atoms with Gasteiger partial charge in [0.1, 0.15) is 0 Å². The Hall–Kier alpha value is -2.29. The van der Waals surface area contributed by atoms with E-state index in [-0.39, 0.29) is 0 Å². The van der Waals surface area contributed by atoms with Gasteiger partial charge in [-0.05, 0) is 23.6 Å². The summed E-state index contributed by atoms with van der Waals surface area (Å²) in [5.74, 6) is 1.61. The minimum absolute atomic E-state index is 0.303. The van der Waals surface area contributed by atoms with Crippen molar-refractivity contribution < 1.29 is 9.47 Å². The summed E-state index contributed by atoms with van der Waals surface area (Å²) in [4.78, 5) is 4.44. The van der Waals surface area contributed by atoms with Crippen molar-refractivity contribution >= 4 is 21.7 Å². The molecule has 3 heteroatoms. The van der Waals surface area contributed by atoms with E-state index in [2.05, 4.69) is 11.1 Å². The standard InChI is InChI=1S/C14H9NO2/c1-2-4-12-10(3-1)11-6-14-13(16-8-17-14)5-9(11)7-15-12/h1-7H,8H2. The Morgan fingerprint density at radius 1 is 0.941 bits per heavy atom. The molecule has 0 radical (unpaired) electrons. The van der Waals surface area contributed by atoms with Crippen LogP contribution in [-0.4, -0.2) is 11.8 Å². The summed E-state index contributed by atoms with van der Waals surface area (Å²) >= 11 is 0. The minimum atomic E-state index is 0.303.